The molecule has 0 aliphatic rings. The summed E-state index contributed by atoms with van der Waals surface area (Å²) in [7, 11) is 0. The fraction of sp³-hybridized carbons (Fsp3) is 0.727. The summed E-state index contributed by atoms with van der Waals surface area (Å²) < 4.78 is 0. The number of aromatic nitrogens is 1. The zero-order valence-corrected chi connectivity index (χ0v) is 9.94. The van der Waals surface area contributed by atoms with Crippen molar-refractivity contribution in [2.75, 3.05) is 6.54 Å². The van der Waals surface area contributed by atoms with E-state index in [1.165, 1.54) is 24.3 Å². The molecule has 0 atom stereocenters. The van der Waals surface area contributed by atoms with Crippen molar-refractivity contribution in [3.05, 3.63) is 16.6 Å². The number of nitrogens with one attached hydrogen (secondary N) is 1. The van der Waals surface area contributed by atoms with Gasteiger partial charge < -0.3 is 5.32 Å². The van der Waals surface area contributed by atoms with Gasteiger partial charge in [-0.05, 0) is 18.9 Å². The molecular formula is C11H20N2S. The molecule has 3 heteroatoms. The highest BCUT2D eigenvalue weighted by molar-refractivity contribution is 7.09. The molecule has 1 rings (SSSR count). The molecule has 0 aromatic carbocycles. The van der Waals surface area contributed by atoms with E-state index in [1.807, 2.05) is 11.6 Å². The van der Waals surface area contributed by atoms with Crippen LogP contribution in [0.3, 0.4) is 0 Å². The molecule has 1 heterocycles. The average Bonchev–Trinajstić information content (AvgIpc) is 2.63. The molecule has 0 unspecified atom stereocenters. The first kappa shape index (κ1) is 11.7. The summed E-state index contributed by atoms with van der Waals surface area (Å²) in [6, 6.07) is 0. The second-order valence-corrected chi connectivity index (χ2v) is 4.97. The van der Waals surface area contributed by atoms with Crippen molar-refractivity contribution in [2.24, 2.45) is 5.92 Å². The Morgan fingerprint density at radius 1 is 1.43 bits per heavy atom. The van der Waals surface area contributed by atoms with Crippen molar-refractivity contribution in [2.45, 2.75) is 39.7 Å². The predicted octanol–water partition coefficient (Wildman–Crippen LogP) is 3.06. The quantitative estimate of drug-likeness (QED) is 0.703. The summed E-state index contributed by atoms with van der Waals surface area (Å²) in [5.74, 6) is 0.842. The van der Waals surface area contributed by atoms with Crippen LogP contribution in [0.4, 0.5) is 0 Å². The lowest BCUT2D eigenvalue weighted by molar-refractivity contribution is 0.520. The van der Waals surface area contributed by atoms with Crippen LogP contribution in [0.25, 0.3) is 0 Å². The molecule has 0 saturated carbocycles. The molecule has 0 aliphatic carbocycles. The SMILES string of the molecule is CC(C)CCCCNCc1nccs1. The number of rotatable bonds is 7. The van der Waals surface area contributed by atoms with E-state index in [0.717, 1.165) is 19.0 Å². The van der Waals surface area contributed by atoms with Crippen LogP contribution in [0, 0.1) is 5.92 Å². The van der Waals surface area contributed by atoms with E-state index < -0.39 is 0 Å². The van der Waals surface area contributed by atoms with Gasteiger partial charge in [0.2, 0.25) is 0 Å². The van der Waals surface area contributed by atoms with Gasteiger partial charge in [0.15, 0.2) is 0 Å². The summed E-state index contributed by atoms with van der Waals surface area (Å²) in [6.07, 6.45) is 5.82. The summed E-state index contributed by atoms with van der Waals surface area (Å²) in [6.45, 7) is 6.61. The van der Waals surface area contributed by atoms with E-state index in [4.69, 9.17) is 0 Å². The van der Waals surface area contributed by atoms with Gasteiger partial charge in [-0.2, -0.15) is 0 Å². The van der Waals surface area contributed by atoms with E-state index in [1.54, 1.807) is 11.3 Å². The van der Waals surface area contributed by atoms with Crippen LogP contribution in [-0.4, -0.2) is 11.5 Å². The monoisotopic (exact) mass is 212 g/mol. The number of thiazole rings is 1. The molecule has 0 radical (unpaired) electrons. The topological polar surface area (TPSA) is 24.9 Å². The summed E-state index contributed by atoms with van der Waals surface area (Å²) in [5.41, 5.74) is 0. The Labute approximate surface area is 90.8 Å². The van der Waals surface area contributed by atoms with Crippen LogP contribution < -0.4 is 5.32 Å². The minimum absolute atomic E-state index is 0.842. The van der Waals surface area contributed by atoms with Crippen LogP contribution in [0.5, 0.6) is 0 Å². The Morgan fingerprint density at radius 2 is 2.29 bits per heavy atom. The molecule has 1 N–H and O–H groups in total. The first-order chi connectivity index (χ1) is 6.79. The maximum Gasteiger partial charge on any atom is 0.106 e. The van der Waals surface area contributed by atoms with Crippen molar-refractivity contribution in [1.82, 2.24) is 10.3 Å². The largest absolute Gasteiger partial charge is 0.310 e. The molecule has 0 fully saturated rings. The Kier molecular flexibility index (Phi) is 5.80. The van der Waals surface area contributed by atoms with Gasteiger partial charge in [-0.25, -0.2) is 4.98 Å². The van der Waals surface area contributed by atoms with Gasteiger partial charge in [-0.15, -0.1) is 11.3 Å². The first-order valence-corrected chi connectivity index (χ1v) is 6.26. The number of hydrogen-bond acceptors (Lipinski definition) is 3. The summed E-state index contributed by atoms with van der Waals surface area (Å²) in [4.78, 5) is 4.22. The molecule has 0 amide bonds. The lowest BCUT2D eigenvalue weighted by atomic mass is 10.1. The van der Waals surface area contributed by atoms with Crippen molar-refractivity contribution in [3.8, 4) is 0 Å². The van der Waals surface area contributed by atoms with Gasteiger partial charge in [0.05, 0.1) is 0 Å². The number of unbranched alkanes of at least 4 members (excludes halogenated alkanes) is 1. The predicted molar refractivity (Wildman–Crippen MR) is 62.5 cm³/mol. The van der Waals surface area contributed by atoms with Gasteiger partial charge in [0.1, 0.15) is 5.01 Å². The van der Waals surface area contributed by atoms with E-state index >= 15 is 0 Å². The van der Waals surface area contributed by atoms with E-state index in [-0.39, 0.29) is 0 Å². The second-order valence-electron chi connectivity index (χ2n) is 3.99. The van der Waals surface area contributed by atoms with Crippen LogP contribution in [-0.2, 0) is 6.54 Å². The maximum atomic E-state index is 4.22. The van der Waals surface area contributed by atoms with E-state index in [2.05, 4.69) is 24.1 Å². The Morgan fingerprint density at radius 3 is 2.93 bits per heavy atom. The first-order valence-electron chi connectivity index (χ1n) is 5.38. The minimum Gasteiger partial charge on any atom is -0.310 e. The second kappa shape index (κ2) is 6.96. The highest BCUT2D eigenvalue weighted by Crippen LogP contribution is 2.06. The Balaban J connectivity index is 1.90. The Hall–Kier alpha value is -0.410. The van der Waals surface area contributed by atoms with Gasteiger partial charge in [-0.3, -0.25) is 0 Å². The highest BCUT2D eigenvalue weighted by Gasteiger charge is 1.95. The van der Waals surface area contributed by atoms with Crippen LogP contribution in [0.1, 0.15) is 38.1 Å². The zero-order chi connectivity index (χ0) is 10.2. The van der Waals surface area contributed by atoms with Crippen molar-refractivity contribution in [3.63, 3.8) is 0 Å². The molecule has 1 aromatic rings. The molecular weight excluding hydrogens is 192 g/mol. The number of nitrogens with zero attached hydrogens (tertiary/aromatic N) is 1. The van der Waals surface area contributed by atoms with Crippen molar-refractivity contribution in [1.29, 1.82) is 0 Å². The molecule has 0 saturated heterocycles. The van der Waals surface area contributed by atoms with Crippen molar-refractivity contribution >= 4 is 11.3 Å². The third kappa shape index (κ3) is 5.35. The lowest BCUT2D eigenvalue weighted by Crippen LogP contribution is -2.14. The molecule has 1 aromatic heterocycles. The smallest absolute Gasteiger partial charge is 0.106 e. The molecule has 14 heavy (non-hydrogen) atoms. The van der Waals surface area contributed by atoms with Gasteiger partial charge in [0, 0.05) is 18.1 Å². The Bertz CT molecular complexity index is 219. The summed E-state index contributed by atoms with van der Waals surface area (Å²) >= 11 is 1.72. The van der Waals surface area contributed by atoms with E-state index in [0.29, 0.717) is 0 Å². The van der Waals surface area contributed by atoms with Gasteiger partial charge >= 0.3 is 0 Å². The molecule has 0 spiro atoms. The maximum absolute atomic E-state index is 4.22. The fourth-order valence-corrected chi connectivity index (χ4v) is 1.92. The minimum atomic E-state index is 0.842. The molecule has 2 nitrogen and oxygen atoms in total. The average molecular weight is 212 g/mol. The normalized spacial score (nSPS) is 11.1. The third-order valence-corrected chi connectivity index (χ3v) is 2.92. The standard InChI is InChI=1S/C11H20N2S/c1-10(2)5-3-4-6-12-9-11-13-7-8-14-11/h7-8,10,12H,3-6,9H2,1-2H3. The number of hydrogen-bond donors (Lipinski definition) is 1. The highest BCUT2D eigenvalue weighted by atomic mass is 32.1. The van der Waals surface area contributed by atoms with Crippen molar-refractivity contribution < 1.29 is 0 Å². The molecule has 0 aliphatic heterocycles. The van der Waals surface area contributed by atoms with E-state index in [9.17, 15) is 0 Å². The third-order valence-electron chi connectivity index (χ3n) is 2.14. The lowest BCUT2D eigenvalue weighted by Gasteiger charge is -2.04. The molecule has 0 bridgehead atoms. The van der Waals surface area contributed by atoms with Gasteiger partial charge in [-0.1, -0.05) is 26.7 Å². The fourth-order valence-electron chi connectivity index (χ4n) is 1.34. The summed E-state index contributed by atoms with van der Waals surface area (Å²) in [5, 5.41) is 6.62. The zero-order valence-electron chi connectivity index (χ0n) is 9.12. The van der Waals surface area contributed by atoms with Gasteiger partial charge in [0.25, 0.3) is 0 Å². The van der Waals surface area contributed by atoms with Crippen LogP contribution >= 0.6 is 11.3 Å². The van der Waals surface area contributed by atoms with Crippen LogP contribution in [0.15, 0.2) is 11.6 Å². The van der Waals surface area contributed by atoms with Crippen LogP contribution in [0.2, 0.25) is 0 Å². The molecule has 80 valence electrons.